The molecule has 0 spiro atoms. The summed E-state index contributed by atoms with van der Waals surface area (Å²) in [5.41, 5.74) is 10.1. The van der Waals surface area contributed by atoms with E-state index in [-0.39, 0.29) is 50.6 Å². The molecule has 0 fully saturated rings. The van der Waals surface area contributed by atoms with Crippen LogP contribution in [-0.4, -0.2) is 152 Å². The van der Waals surface area contributed by atoms with Gasteiger partial charge in [-0.2, -0.15) is 0 Å². The maximum absolute atomic E-state index is 14.6. The molecule has 3 aromatic carbocycles. The van der Waals surface area contributed by atoms with Crippen molar-refractivity contribution in [3.63, 3.8) is 0 Å². The molecule has 6 atom stereocenters. The number of rotatable bonds is 39. The van der Waals surface area contributed by atoms with Gasteiger partial charge in [0.05, 0.1) is 24.9 Å². The van der Waals surface area contributed by atoms with Crippen LogP contribution in [-0.2, 0) is 89.7 Å². The molecular weight excluding hydrogens is 1220 g/mol. The highest BCUT2D eigenvalue weighted by Gasteiger charge is 2.34. The molecule has 0 aliphatic heterocycles. The van der Waals surface area contributed by atoms with Gasteiger partial charge >= 0.3 is 0 Å². The number of nitrogens with two attached hydrogens (primary N) is 1. The number of ether oxygens (including phenoxy) is 1. The van der Waals surface area contributed by atoms with E-state index >= 15 is 0 Å². The van der Waals surface area contributed by atoms with Gasteiger partial charge in [0.2, 0.25) is 65.0 Å². The number of anilines is 1. The predicted molar refractivity (Wildman–Crippen MR) is 353 cm³/mol. The SMILES string of the molecule is CC(C)CC(CC(C)C)NC(=O)[C@H](Cc1cnc[nH]1)NC(=O)CNC(=O)[C@@H](NC(=O)[C@H](C)NC(=O)[C@H](Cc1c[nH]c2ccccc12)NC(=O)[C@H](CCC(N)=O)NC(=O)[C@@H](Cc1ccccc1)NC(=O)COCC(=O)Nc1ccc(CNC(=O)CCc2c[nH]cn2)cc1)C(C)C. The monoisotopic (exact) mass is 1310 g/mol. The van der Waals surface area contributed by atoms with Crippen LogP contribution >= 0.6 is 0 Å². The maximum atomic E-state index is 14.6. The van der Waals surface area contributed by atoms with E-state index < -0.39 is 127 Å². The number of nitrogens with one attached hydrogen (secondary N) is 13. The summed E-state index contributed by atoms with van der Waals surface area (Å²) in [6.45, 7) is 11.5. The highest BCUT2D eigenvalue weighted by molar-refractivity contribution is 5.98. The normalized spacial score (nSPS) is 13.2. The van der Waals surface area contributed by atoms with Gasteiger partial charge in [0.25, 0.3) is 0 Å². The van der Waals surface area contributed by atoms with Gasteiger partial charge in [-0.25, -0.2) is 9.97 Å². The van der Waals surface area contributed by atoms with Crippen LogP contribution in [0, 0.1) is 17.8 Å². The minimum Gasteiger partial charge on any atom is -0.370 e. The third-order valence-electron chi connectivity index (χ3n) is 15.2. The van der Waals surface area contributed by atoms with Crippen LogP contribution in [0.25, 0.3) is 10.9 Å². The number of nitrogens with zero attached hydrogens (tertiary/aromatic N) is 2. The van der Waals surface area contributed by atoms with Crippen molar-refractivity contribution in [3.8, 4) is 0 Å². The Labute approximate surface area is 551 Å². The largest absolute Gasteiger partial charge is 0.370 e. The van der Waals surface area contributed by atoms with Crippen molar-refractivity contribution in [2.75, 3.05) is 25.1 Å². The molecule has 510 valence electrons. The van der Waals surface area contributed by atoms with Gasteiger partial charge < -0.3 is 78.6 Å². The van der Waals surface area contributed by atoms with Crippen molar-refractivity contribution in [1.29, 1.82) is 0 Å². The second-order valence-electron chi connectivity index (χ2n) is 24.6. The second kappa shape index (κ2) is 37.4. The van der Waals surface area contributed by atoms with Crippen LogP contribution in [0.3, 0.4) is 0 Å². The molecule has 28 heteroatoms. The van der Waals surface area contributed by atoms with Crippen molar-refractivity contribution in [3.05, 3.63) is 138 Å². The first-order chi connectivity index (χ1) is 45.4. The van der Waals surface area contributed by atoms with Gasteiger partial charge in [0.1, 0.15) is 49.5 Å². The van der Waals surface area contributed by atoms with E-state index in [1.807, 2.05) is 6.07 Å². The standard InChI is InChI=1S/C67H90N16O12/c1-39(2)25-48(26-40(3)4)78-65(92)55(29-49-33-70-38-75-49)79-58(86)34-73-67(94)61(41(5)6)83-62(89)42(7)76-64(91)54(28-45-31-71-51-16-12-11-15-50(45)51)82-63(90)52(22-23-56(68)84)81-66(93)53(27-43-13-9-8-10-14-43)80-60(88)36-95-35-59(87)77-46-19-17-44(18-20-46)30-72-57(85)24-21-47-32-69-37-74-47/h8-20,31-33,37-42,48,52-55,61,71H,21-30,34-36H2,1-7H3,(H2,68,84)(H,69,74)(H,70,75)(H,72,85)(H,73,94)(H,76,91)(H,77,87)(H,78,92)(H,79,86)(H,80,88)(H,81,93)(H,82,90)(H,83,89)/t42-,52-,53+,54-,55-,61-/m0/s1. The van der Waals surface area contributed by atoms with Crippen molar-refractivity contribution in [2.24, 2.45) is 23.5 Å². The van der Waals surface area contributed by atoms with E-state index in [4.69, 9.17) is 10.5 Å². The highest BCUT2D eigenvalue weighted by atomic mass is 16.5. The average molecular weight is 1310 g/mol. The zero-order valence-electron chi connectivity index (χ0n) is 54.7. The fourth-order valence-electron chi connectivity index (χ4n) is 10.4. The molecule has 3 heterocycles. The summed E-state index contributed by atoms with van der Waals surface area (Å²) in [6, 6.07) is 14.6. The molecule has 0 saturated heterocycles. The number of carbonyl (C=O) groups is 11. The van der Waals surface area contributed by atoms with Crippen molar-refractivity contribution < 1.29 is 57.5 Å². The Balaban J connectivity index is 1.08. The molecule has 28 nitrogen and oxygen atoms in total. The van der Waals surface area contributed by atoms with Crippen LogP contribution in [0.2, 0.25) is 0 Å². The Morgan fingerprint density at radius 1 is 0.547 bits per heavy atom. The number of primary amides is 1. The number of aromatic nitrogens is 5. The van der Waals surface area contributed by atoms with Gasteiger partial charge in [0.15, 0.2) is 0 Å². The lowest BCUT2D eigenvalue weighted by Crippen LogP contribution is -2.60. The number of imidazole rings is 2. The summed E-state index contributed by atoms with van der Waals surface area (Å²) in [4.78, 5) is 166. The molecule has 0 saturated carbocycles. The van der Waals surface area contributed by atoms with Crippen molar-refractivity contribution in [2.45, 2.75) is 155 Å². The summed E-state index contributed by atoms with van der Waals surface area (Å²) < 4.78 is 5.44. The van der Waals surface area contributed by atoms with Gasteiger partial charge in [0, 0.05) is 85.6 Å². The topological polar surface area (TPSA) is 416 Å². The number of aromatic amines is 3. The zero-order chi connectivity index (χ0) is 69.0. The lowest BCUT2D eigenvalue weighted by molar-refractivity contribution is -0.136. The number of amides is 11. The lowest BCUT2D eigenvalue weighted by atomic mass is 9.95. The van der Waals surface area contributed by atoms with E-state index in [1.165, 1.54) is 13.3 Å². The number of para-hydroxylation sites is 1. The average Bonchev–Trinajstić information content (AvgIpc) is 1.72. The number of fused-ring (bicyclic) bond motifs is 1. The molecule has 6 aromatic rings. The summed E-state index contributed by atoms with van der Waals surface area (Å²) in [5, 5.41) is 27.9. The van der Waals surface area contributed by atoms with E-state index in [0.717, 1.165) is 29.6 Å². The molecule has 0 bridgehead atoms. The minimum absolute atomic E-state index is 0.0837. The molecule has 95 heavy (non-hydrogen) atoms. The summed E-state index contributed by atoms with van der Waals surface area (Å²) >= 11 is 0. The molecule has 0 aliphatic rings. The first-order valence-electron chi connectivity index (χ1n) is 31.8. The first kappa shape index (κ1) is 73.8. The Bertz CT molecular complexity index is 3490. The molecular formula is C67H90N16O12. The summed E-state index contributed by atoms with van der Waals surface area (Å²) in [5.74, 6) is -7.50. The number of hydrogen-bond acceptors (Lipinski definition) is 14. The number of aryl methyl sites for hydroxylation is 1. The van der Waals surface area contributed by atoms with Gasteiger partial charge in [-0.15, -0.1) is 0 Å². The highest BCUT2D eigenvalue weighted by Crippen LogP contribution is 2.20. The molecule has 3 aromatic heterocycles. The van der Waals surface area contributed by atoms with Crippen LogP contribution < -0.4 is 58.9 Å². The van der Waals surface area contributed by atoms with Crippen molar-refractivity contribution >= 4 is 81.6 Å². The summed E-state index contributed by atoms with van der Waals surface area (Å²) in [7, 11) is 0. The van der Waals surface area contributed by atoms with Crippen LogP contribution in [0.1, 0.15) is 109 Å². The number of carbonyl (C=O) groups excluding carboxylic acids is 11. The van der Waals surface area contributed by atoms with Crippen LogP contribution in [0.15, 0.2) is 110 Å². The molecule has 0 unspecified atom stereocenters. The third-order valence-corrected chi connectivity index (χ3v) is 15.2. The van der Waals surface area contributed by atoms with Crippen molar-refractivity contribution in [1.82, 2.24) is 72.8 Å². The fraction of sp³-hybridized carbons (Fsp3) is 0.448. The quantitative estimate of drug-likeness (QED) is 0.0263. The Morgan fingerprint density at radius 2 is 1.18 bits per heavy atom. The Hall–Kier alpha value is -10.3. The van der Waals surface area contributed by atoms with Gasteiger partial charge in [-0.05, 0) is 85.3 Å². The molecule has 0 radical (unpaired) electrons. The Kier molecular flexibility index (Phi) is 29.1. The molecule has 6 rings (SSSR count). The Morgan fingerprint density at radius 3 is 1.84 bits per heavy atom. The smallest absolute Gasteiger partial charge is 0.250 e. The fourth-order valence-corrected chi connectivity index (χ4v) is 10.4. The van der Waals surface area contributed by atoms with E-state index in [9.17, 15) is 52.7 Å². The number of benzene rings is 3. The summed E-state index contributed by atoms with van der Waals surface area (Å²) in [6.07, 6.45) is 9.26. The van der Waals surface area contributed by atoms with Gasteiger partial charge in [-0.1, -0.05) is 102 Å². The lowest BCUT2D eigenvalue weighted by Gasteiger charge is -2.27. The predicted octanol–water partition coefficient (Wildman–Crippen LogP) is 2.09. The van der Waals surface area contributed by atoms with E-state index in [2.05, 4.69) is 106 Å². The molecule has 0 aliphatic carbocycles. The van der Waals surface area contributed by atoms with Gasteiger partial charge in [-0.3, -0.25) is 52.7 Å². The first-order valence-corrected chi connectivity index (χ1v) is 31.8. The van der Waals surface area contributed by atoms with E-state index in [0.29, 0.717) is 46.2 Å². The molecule has 11 amide bonds. The minimum atomic E-state index is -1.53. The maximum Gasteiger partial charge on any atom is 0.250 e. The third kappa shape index (κ3) is 25.6. The molecule has 15 N–H and O–H groups in total. The number of H-pyrrole nitrogens is 3. The van der Waals surface area contributed by atoms with Crippen LogP contribution in [0.5, 0.6) is 0 Å². The van der Waals surface area contributed by atoms with Crippen LogP contribution in [0.4, 0.5) is 5.69 Å². The van der Waals surface area contributed by atoms with E-state index in [1.54, 1.807) is 112 Å². The zero-order valence-corrected chi connectivity index (χ0v) is 54.7. The second-order valence-corrected chi connectivity index (χ2v) is 24.6. The number of hydrogen-bond donors (Lipinski definition) is 14.